The molecule has 7 heteroatoms. The van der Waals surface area contributed by atoms with Crippen LogP contribution in [0.1, 0.15) is 104 Å². The smallest absolute Gasteiger partial charge is 0.320 e. The summed E-state index contributed by atoms with van der Waals surface area (Å²) in [4.78, 5) is 34.4. The molecule has 0 unspecified atom stereocenters. The second kappa shape index (κ2) is 10.6. The van der Waals surface area contributed by atoms with E-state index in [1.807, 2.05) is 0 Å². The summed E-state index contributed by atoms with van der Waals surface area (Å²) in [5.74, 6) is 1.83. The Hall–Kier alpha value is -1.63. The number of aliphatic carboxylic acids is 2. The first kappa shape index (κ1) is 27.4. The lowest BCUT2D eigenvalue weighted by molar-refractivity contribution is -0.163. The number of carboxylic acid groups (broad SMARTS) is 2. The maximum Gasteiger partial charge on any atom is 0.320 e. The molecule has 7 nitrogen and oxygen atoms in total. The van der Waals surface area contributed by atoms with Crippen molar-refractivity contribution in [3.05, 3.63) is 0 Å². The first-order valence-electron chi connectivity index (χ1n) is 14.4. The van der Waals surface area contributed by atoms with Gasteiger partial charge in [0.15, 0.2) is 0 Å². The fraction of sp³-hybridized carbons (Fsp3) is 0.897. The van der Waals surface area contributed by atoms with Gasteiger partial charge in [0, 0.05) is 12.8 Å². The highest BCUT2D eigenvalue weighted by Crippen LogP contribution is 2.68. The first-order valence-corrected chi connectivity index (χ1v) is 14.4. The number of hydrogen-bond donors (Lipinski definition) is 3. The standard InChI is InChI=1S/C29H47NO6/c1-17(4-10-25(31)32)21-7-8-22-20-6-5-18-16-19(36-26(33)11-9-24(30)27(34)35)12-14-28(18,2)23(20)13-15-29(21,22)3/h17-24H,4-16,30H2,1-3H3,(H,31,32)(H,34,35)/t17-,18-,19+,20+,21-,22+,23+,24+,28+,29-/m1/s1. The predicted molar refractivity (Wildman–Crippen MR) is 136 cm³/mol. The second-order valence-corrected chi connectivity index (χ2v) is 13.2. The molecule has 0 radical (unpaired) electrons. The van der Waals surface area contributed by atoms with Gasteiger partial charge in [0.2, 0.25) is 0 Å². The summed E-state index contributed by atoms with van der Waals surface area (Å²) < 4.78 is 5.79. The Bertz CT molecular complexity index is 846. The van der Waals surface area contributed by atoms with Gasteiger partial charge < -0.3 is 20.7 Å². The van der Waals surface area contributed by atoms with Crippen LogP contribution in [0.2, 0.25) is 0 Å². The van der Waals surface area contributed by atoms with Gasteiger partial charge in [0.05, 0.1) is 0 Å². The molecule has 0 aliphatic heterocycles. The fourth-order valence-corrected chi connectivity index (χ4v) is 9.50. The lowest BCUT2D eigenvalue weighted by atomic mass is 9.44. The molecule has 4 aliphatic carbocycles. The van der Waals surface area contributed by atoms with Crippen molar-refractivity contribution in [2.45, 2.75) is 116 Å². The molecule has 0 aromatic carbocycles. The van der Waals surface area contributed by atoms with E-state index in [0.29, 0.717) is 28.6 Å². The van der Waals surface area contributed by atoms with Crippen LogP contribution in [-0.2, 0) is 19.1 Å². The summed E-state index contributed by atoms with van der Waals surface area (Å²) in [5.41, 5.74) is 6.17. The van der Waals surface area contributed by atoms with Crippen molar-refractivity contribution >= 4 is 17.9 Å². The maximum absolute atomic E-state index is 12.3. The average Bonchev–Trinajstić information content (AvgIpc) is 3.18. The number of esters is 1. The highest BCUT2D eigenvalue weighted by atomic mass is 16.5. The van der Waals surface area contributed by atoms with Crippen molar-refractivity contribution in [1.82, 2.24) is 0 Å². The number of rotatable bonds is 9. The summed E-state index contributed by atoms with van der Waals surface area (Å²) in [6.07, 6.45) is 11.6. The van der Waals surface area contributed by atoms with Crippen LogP contribution in [0.5, 0.6) is 0 Å². The van der Waals surface area contributed by atoms with Gasteiger partial charge in [-0.15, -0.1) is 0 Å². The van der Waals surface area contributed by atoms with Crippen LogP contribution in [0, 0.1) is 46.3 Å². The van der Waals surface area contributed by atoms with Crippen molar-refractivity contribution < 1.29 is 29.3 Å². The molecular formula is C29H47NO6. The molecule has 10 atom stereocenters. The van der Waals surface area contributed by atoms with E-state index in [0.717, 1.165) is 43.4 Å². The minimum Gasteiger partial charge on any atom is -0.481 e. The van der Waals surface area contributed by atoms with Gasteiger partial charge in [-0.3, -0.25) is 14.4 Å². The summed E-state index contributed by atoms with van der Waals surface area (Å²) in [6.45, 7) is 7.30. The van der Waals surface area contributed by atoms with Crippen LogP contribution in [-0.4, -0.2) is 40.3 Å². The summed E-state index contributed by atoms with van der Waals surface area (Å²) >= 11 is 0. The molecule has 4 N–H and O–H groups in total. The molecule has 4 aliphatic rings. The van der Waals surface area contributed by atoms with E-state index in [9.17, 15) is 19.5 Å². The Morgan fingerprint density at radius 1 is 0.917 bits per heavy atom. The number of nitrogens with two attached hydrogens (primary N) is 1. The number of hydrogen-bond acceptors (Lipinski definition) is 5. The van der Waals surface area contributed by atoms with Crippen LogP contribution in [0.4, 0.5) is 0 Å². The second-order valence-electron chi connectivity index (χ2n) is 13.2. The van der Waals surface area contributed by atoms with Gasteiger partial charge in [-0.1, -0.05) is 20.8 Å². The highest BCUT2D eigenvalue weighted by molar-refractivity contribution is 5.75. The van der Waals surface area contributed by atoms with Crippen molar-refractivity contribution in [2.75, 3.05) is 0 Å². The molecule has 0 saturated heterocycles. The summed E-state index contributed by atoms with van der Waals surface area (Å²) in [7, 11) is 0. The van der Waals surface area contributed by atoms with Gasteiger partial charge >= 0.3 is 17.9 Å². The molecule has 0 aromatic heterocycles. The zero-order valence-electron chi connectivity index (χ0n) is 22.4. The van der Waals surface area contributed by atoms with Crippen LogP contribution in [0.15, 0.2) is 0 Å². The Morgan fingerprint density at radius 2 is 1.61 bits per heavy atom. The Kier molecular flexibility index (Phi) is 8.09. The van der Waals surface area contributed by atoms with Crippen molar-refractivity contribution in [1.29, 1.82) is 0 Å². The van der Waals surface area contributed by atoms with Crippen LogP contribution < -0.4 is 5.73 Å². The lowest BCUT2D eigenvalue weighted by Gasteiger charge is -2.61. The number of ether oxygens (including phenoxy) is 1. The molecule has 4 saturated carbocycles. The molecule has 204 valence electrons. The molecule has 0 spiro atoms. The van der Waals surface area contributed by atoms with Crippen molar-refractivity contribution in [2.24, 2.45) is 52.1 Å². The molecule has 36 heavy (non-hydrogen) atoms. The van der Waals surface area contributed by atoms with Gasteiger partial charge in [0.1, 0.15) is 12.1 Å². The normalized spacial score (nSPS) is 41.3. The zero-order valence-corrected chi connectivity index (χ0v) is 22.4. The van der Waals surface area contributed by atoms with Gasteiger partial charge in [-0.2, -0.15) is 0 Å². The van der Waals surface area contributed by atoms with E-state index in [-0.39, 0.29) is 31.3 Å². The summed E-state index contributed by atoms with van der Waals surface area (Å²) in [5, 5.41) is 18.1. The fourth-order valence-electron chi connectivity index (χ4n) is 9.50. The molecule has 0 heterocycles. The van der Waals surface area contributed by atoms with E-state index in [4.69, 9.17) is 15.6 Å². The van der Waals surface area contributed by atoms with Gasteiger partial charge in [0.25, 0.3) is 0 Å². The third-order valence-electron chi connectivity index (χ3n) is 11.5. The zero-order chi connectivity index (χ0) is 26.3. The average molecular weight is 506 g/mol. The van der Waals surface area contributed by atoms with E-state index < -0.39 is 18.0 Å². The van der Waals surface area contributed by atoms with Crippen LogP contribution >= 0.6 is 0 Å². The number of carbonyl (C=O) groups is 3. The molecule has 0 bridgehead atoms. The molecule has 4 fully saturated rings. The van der Waals surface area contributed by atoms with Gasteiger partial charge in [-0.25, -0.2) is 0 Å². The number of carboxylic acids is 2. The lowest BCUT2D eigenvalue weighted by Crippen LogP contribution is -2.54. The Morgan fingerprint density at radius 3 is 2.31 bits per heavy atom. The quantitative estimate of drug-likeness (QED) is 0.365. The Labute approximate surface area is 215 Å². The predicted octanol–water partition coefficient (Wildman–Crippen LogP) is 5.25. The monoisotopic (exact) mass is 505 g/mol. The van der Waals surface area contributed by atoms with Crippen molar-refractivity contribution in [3.8, 4) is 0 Å². The van der Waals surface area contributed by atoms with E-state index in [2.05, 4.69) is 20.8 Å². The summed E-state index contributed by atoms with van der Waals surface area (Å²) in [6, 6.07) is -1.02. The molecule has 4 rings (SSSR count). The largest absolute Gasteiger partial charge is 0.481 e. The van der Waals surface area contributed by atoms with Crippen LogP contribution in [0.3, 0.4) is 0 Å². The molecule has 0 aromatic rings. The third-order valence-corrected chi connectivity index (χ3v) is 11.5. The van der Waals surface area contributed by atoms with Crippen LogP contribution in [0.25, 0.3) is 0 Å². The topological polar surface area (TPSA) is 127 Å². The number of fused-ring (bicyclic) bond motifs is 5. The third kappa shape index (κ3) is 5.19. The highest BCUT2D eigenvalue weighted by Gasteiger charge is 2.60. The number of carbonyl (C=O) groups excluding carboxylic acids is 1. The Balaban J connectivity index is 1.36. The minimum atomic E-state index is -1.08. The van der Waals surface area contributed by atoms with E-state index in [1.54, 1.807) is 0 Å². The maximum atomic E-state index is 12.3. The molecule has 0 amide bonds. The van der Waals surface area contributed by atoms with E-state index in [1.165, 1.54) is 38.5 Å². The van der Waals surface area contributed by atoms with Gasteiger partial charge in [-0.05, 0) is 117 Å². The minimum absolute atomic E-state index is 0.0584. The van der Waals surface area contributed by atoms with Crippen molar-refractivity contribution in [3.63, 3.8) is 0 Å². The first-order chi connectivity index (χ1) is 17.0. The SMILES string of the molecule is C[C@H](CCC(=O)O)[C@H]1CC[C@H]2[C@@H]3CC[C@@H]4C[C@@H](OC(=O)CC[C@H](N)C(=O)O)CC[C@]4(C)[C@H]3CC[C@]12C. The molecular weight excluding hydrogens is 458 g/mol. The van der Waals surface area contributed by atoms with E-state index >= 15 is 0 Å².